The zero-order valence-electron chi connectivity index (χ0n) is 26.2. The normalized spacial score (nSPS) is 14.5. The van der Waals surface area contributed by atoms with Gasteiger partial charge in [-0.05, 0) is 129 Å². The third-order valence-electron chi connectivity index (χ3n) is 10.8. The van der Waals surface area contributed by atoms with Crippen molar-refractivity contribution >= 4 is 33.8 Å². The standard InChI is InChI=1S/C47H29N/c1-2-10-29-27-48-45(26-28(29)9-1)32-24-30(33-19-21-43-37-13-5-3-11-35(37)41-17-7-15-39(33)46(41)43)23-31(25-32)34-20-22-44-38-14-6-4-12-36(38)42-18-8-16-40(34)47(42)44/h1-27,45,48H. The molecular weight excluding hydrogens is 579 g/mol. The fraction of sp³-hybridized carbons (Fsp3) is 0.0213. The molecule has 0 saturated heterocycles. The second kappa shape index (κ2) is 9.67. The Morgan fingerprint density at radius 1 is 0.354 bits per heavy atom. The van der Waals surface area contributed by atoms with Crippen LogP contribution in [0, 0.1) is 0 Å². The Labute approximate surface area is 278 Å². The van der Waals surface area contributed by atoms with Crippen LogP contribution in [0.4, 0.5) is 0 Å². The van der Waals surface area contributed by atoms with Crippen molar-refractivity contribution in [2.24, 2.45) is 0 Å². The van der Waals surface area contributed by atoms with Crippen molar-refractivity contribution in [1.29, 1.82) is 0 Å². The smallest absolute Gasteiger partial charge is 0.0702 e. The van der Waals surface area contributed by atoms with Crippen molar-refractivity contribution in [3.05, 3.63) is 168 Å². The van der Waals surface area contributed by atoms with E-state index in [1.807, 2.05) is 0 Å². The minimum Gasteiger partial charge on any atom is -0.380 e. The van der Waals surface area contributed by atoms with Crippen LogP contribution in [-0.2, 0) is 0 Å². The molecule has 222 valence electrons. The molecule has 3 aliphatic rings. The molecule has 0 saturated carbocycles. The van der Waals surface area contributed by atoms with E-state index >= 15 is 0 Å². The number of nitrogens with one attached hydrogen (secondary N) is 1. The van der Waals surface area contributed by atoms with Gasteiger partial charge in [-0.1, -0.05) is 133 Å². The van der Waals surface area contributed by atoms with Gasteiger partial charge in [0.2, 0.25) is 0 Å². The lowest BCUT2D eigenvalue weighted by atomic mass is 9.87. The highest BCUT2D eigenvalue weighted by molar-refractivity contribution is 6.20. The van der Waals surface area contributed by atoms with E-state index in [-0.39, 0.29) is 6.04 Å². The largest absolute Gasteiger partial charge is 0.380 e. The van der Waals surface area contributed by atoms with Crippen LogP contribution >= 0.6 is 0 Å². The van der Waals surface area contributed by atoms with Crippen LogP contribution in [0.15, 0.2) is 152 Å². The van der Waals surface area contributed by atoms with Gasteiger partial charge in [-0.2, -0.15) is 0 Å². The molecule has 1 atom stereocenters. The summed E-state index contributed by atoms with van der Waals surface area (Å²) < 4.78 is 0. The van der Waals surface area contributed by atoms with Crippen LogP contribution in [0.3, 0.4) is 0 Å². The summed E-state index contributed by atoms with van der Waals surface area (Å²) in [6, 6.07) is 56.5. The zero-order valence-corrected chi connectivity index (χ0v) is 26.2. The summed E-state index contributed by atoms with van der Waals surface area (Å²) in [5, 5.41) is 11.5. The number of rotatable bonds is 3. The summed E-state index contributed by atoms with van der Waals surface area (Å²) in [6.07, 6.45) is 4.53. The first kappa shape index (κ1) is 25.9. The molecule has 0 spiro atoms. The van der Waals surface area contributed by atoms with Gasteiger partial charge < -0.3 is 5.32 Å². The highest BCUT2D eigenvalue weighted by Crippen LogP contribution is 2.51. The van der Waals surface area contributed by atoms with E-state index in [9.17, 15) is 0 Å². The maximum absolute atomic E-state index is 3.72. The minimum absolute atomic E-state index is 0.0562. The monoisotopic (exact) mass is 607 g/mol. The average molecular weight is 608 g/mol. The molecule has 11 rings (SSSR count). The predicted octanol–water partition coefficient (Wildman–Crippen LogP) is 10.5. The van der Waals surface area contributed by atoms with Crippen LogP contribution < -0.4 is 15.8 Å². The molecule has 1 N–H and O–H groups in total. The van der Waals surface area contributed by atoms with E-state index < -0.39 is 0 Å². The van der Waals surface area contributed by atoms with Crippen molar-refractivity contribution in [2.45, 2.75) is 6.04 Å². The first-order valence-corrected chi connectivity index (χ1v) is 16.8. The molecule has 1 aliphatic heterocycles. The second-order valence-corrected chi connectivity index (χ2v) is 13.3. The fourth-order valence-corrected chi connectivity index (χ4v) is 8.66. The lowest BCUT2D eigenvalue weighted by Crippen LogP contribution is -2.34. The topological polar surface area (TPSA) is 12.0 Å². The Bertz CT molecular complexity index is 2610. The average Bonchev–Trinajstić information content (AvgIpc) is 3.66. The van der Waals surface area contributed by atoms with Crippen molar-refractivity contribution < 1.29 is 0 Å². The third kappa shape index (κ3) is 3.56. The lowest BCUT2D eigenvalue weighted by Gasteiger charge is -2.21. The molecule has 1 unspecified atom stereocenters. The number of benzene rings is 8. The Hall–Kier alpha value is -6.18. The van der Waals surface area contributed by atoms with E-state index in [4.69, 9.17) is 0 Å². The van der Waals surface area contributed by atoms with Crippen molar-refractivity contribution in [3.63, 3.8) is 0 Å². The number of hydrogen-bond donors (Lipinski definition) is 1. The molecule has 8 aromatic rings. The maximum Gasteiger partial charge on any atom is 0.0702 e. The van der Waals surface area contributed by atoms with E-state index in [1.165, 1.54) is 104 Å². The Morgan fingerprint density at radius 3 is 1.33 bits per heavy atom. The summed E-state index contributed by atoms with van der Waals surface area (Å²) in [4.78, 5) is 0. The quantitative estimate of drug-likeness (QED) is 0.211. The molecule has 1 heterocycles. The van der Waals surface area contributed by atoms with Gasteiger partial charge in [0.1, 0.15) is 0 Å². The summed E-state index contributed by atoms with van der Waals surface area (Å²) in [5.41, 5.74) is 16.9. The van der Waals surface area contributed by atoms with Gasteiger partial charge in [0, 0.05) is 6.20 Å². The third-order valence-corrected chi connectivity index (χ3v) is 10.8. The summed E-state index contributed by atoms with van der Waals surface area (Å²) in [6.45, 7) is 0. The van der Waals surface area contributed by atoms with E-state index in [1.54, 1.807) is 0 Å². The fourth-order valence-electron chi connectivity index (χ4n) is 8.66. The molecule has 1 heteroatoms. The Kier molecular flexibility index (Phi) is 5.23. The molecule has 2 aliphatic carbocycles. The molecular formula is C47H29N. The first-order valence-electron chi connectivity index (χ1n) is 16.8. The molecule has 0 bridgehead atoms. The zero-order chi connectivity index (χ0) is 31.3. The van der Waals surface area contributed by atoms with Crippen LogP contribution in [0.25, 0.3) is 101 Å². The molecule has 48 heavy (non-hydrogen) atoms. The van der Waals surface area contributed by atoms with Gasteiger partial charge >= 0.3 is 0 Å². The Balaban J connectivity index is 1.17. The molecule has 0 fully saturated rings. The van der Waals surface area contributed by atoms with Gasteiger partial charge in [-0.3, -0.25) is 0 Å². The van der Waals surface area contributed by atoms with Gasteiger partial charge in [0.05, 0.1) is 6.04 Å². The van der Waals surface area contributed by atoms with Gasteiger partial charge in [-0.25, -0.2) is 0 Å². The number of hydrogen-bond acceptors (Lipinski definition) is 1. The van der Waals surface area contributed by atoms with E-state index in [2.05, 4.69) is 169 Å². The SMILES string of the molecule is C1=c2ccccc2=CC(c2cc(-c3ccc4c5c(cccc35)-c3ccccc3-4)cc(-c3ccc4c5c(cccc35)-c3ccccc3-4)c2)N1. The van der Waals surface area contributed by atoms with Crippen molar-refractivity contribution in [2.75, 3.05) is 0 Å². The van der Waals surface area contributed by atoms with Crippen LogP contribution in [0.2, 0.25) is 0 Å². The van der Waals surface area contributed by atoms with Crippen LogP contribution in [0.5, 0.6) is 0 Å². The second-order valence-electron chi connectivity index (χ2n) is 13.3. The highest BCUT2D eigenvalue weighted by atomic mass is 14.9. The van der Waals surface area contributed by atoms with Gasteiger partial charge in [-0.15, -0.1) is 0 Å². The summed E-state index contributed by atoms with van der Waals surface area (Å²) in [7, 11) is 0. The van der Waals surface area contributed by atoms with Crippen LogP contribution in [0.1, 0.15) is 11.6 Å². The van der Waals surface area contributed by atoms with Crippen LogP contribution in [-0.4, -0.2) is 0 Å². The molecule has 8 aromatic carbocycles. The summed E-state index contributed by atoms with van der Waals surface area (Å²) in [5.74, 6) is 0. The summed E-state index contributed by atoms with van der Waals surface area (Å²) >= 11 is 0. The predicted molar refractivity (Wildman–Crippen MR) is 202 cm³/mol. The van der Waals surface area contributed by atoms with E-state index in [0.29, 0.717) is 0 Å². The minimum atomic E-state index is 0.0562. The highest BCUT2D eigenvalue weighted by Gasteiger charge is 2.25. The molecule has 0 amide bonds. The molecule has 0 radical (unpaired) electrons. The lowest BCUT2D eigenvalue weighted by molar-refractivity contribution is 0.814. The number of fused-ring (bicyclic) bond motifs is 7. The van der Waals surface area contributed by atoms with Crippen molar-refractivity contribution in [1.82, 2.24) is 5.32 Å². The first-order chi connectivity index (χ1) is 23.8. The van der Waals surface area contributed by atoms with Crippen molar-refractivity contribution in [3.8, 4) is 66.8 Å². The maximum atomic E-state index is 3.72. The Morgan fingerprint density at radius 2 is 0.792 bits per heavy atom. The molecule has 0 aromatic heterocycles. The van der Waals surface area contributed by atoms with Gasteiger partial charge in [0.15, 0.2) is 0 Å². The van der Waals surface area contributed by atoms with E-state index in [0.717, 1.165) is 0 Å². The molecule has 1 nitrogen and oxygen atoms in total. The van der Waals surface area contributed by atoms with Gasteiger partial charge in [0.25, 0.3) is 0 Å².